The summed E-state index contributed by atoms with van der Waals surface area (Å²) in [5, 5.41) is 2.81. The van der Waals surface area contributed by atoms with Gasteiger partial charge in [0.05, 0.1) is 159 Å². The second-order valence-corrected chi connectivity index (χ2v) is 15.0. The number of ether oxygens (including phenoxy) is 14. The SMILES string of the molecule is CCCCCCCOCCOCCOCCOCCOCCOCCOCCOCCOCCOCCOCCOCCOCCCNC(=O)OCC1c2ccccc2-c2ccccc21. The molecule has 0 radical (unpaired) electrons. The molecule has 16 nitrogen and oxygen atoms in total. The lowest BCUT2D eigenvalue weighted by atomic mass is 9.98. The Bertz CT molecular complexity index is 1330. The molecule has 0 unspecified atom stereocenters. The summed E-state index contributed by atoms with van der Waals surface area (Å²) in [6.45, 7) is 16.6. The van der Waals surface area contributed by atoms with E-state index in [4.69, 9.17) is 66.3 Å². The van der Waals surface area contributed by atoms with Gasteiger partial charge in [-0.2, -0.15) is 0 Å². The molecule has 0 spiro atoms. The zero-order valence-electron chi connectivity index (χ0n) is 39.4. The number of nitrogens with one attached hydrogen (secondary N) is 1. The molecular formula is C49H81NO15. The van der Waals surface area contributed by atoms with Gasteiger partial charge in [-0.1, -0.05) is 81.1 Å². The number of carbonyl (C=O) groups is 1. The number of benzene rings is 2. The van der Waals surface area contributed by atoms with Crippen LogP contribution in [0.15, 0.2) is 48.5 Å². The van der Waals surface area contributed by atoms with E-state index in [1.54, 1.807) is 0 Å². The molecule has 0 bridgehead atoms. The van der Waals surface area contributed by atoms with Crippen molar-refractivity contribution < 1.29 is 71.1 Å². The minimum Gasteiger partial charge on any atom is -0.449 e. The quantitative estimate of drug-likeness (QED) is 0.0759. The van der Waals surface area contributed by atoms with Gasteiger partial charge in [-0.25, -0.2) is 4.79 Å². The summed E-state index contributed by atoms with van der Waals surface area (Å²) in [6, 6.07) is 16.6. The van der Waals surface area contributed by atoms with Crippen molar-refractivity contribution in [3.63, 3.8) is 0 Å². The summed E-state index contributed by atoms with van der Waals surface area (Å²) in [4.78, 5) is 12.3. The highest BCUT2D eigenvalue weighted by Crippen LogP contribution is 2.44. The summed E-state index contributed by atoms with van der Waals surface area (Å²) in [5.41, 5.74) is 4.80. The van der Waals surface area contributed by atoms with E-state index < -0.39 is 6.09 Å². The maximum atomic E-state index is 12.3. The van der Waals surface area contributed by atoms with Crippen LogP contribution in [0.5, 0.6) is 0 Å². The molecule has 1 N–H and O–H groups in total. The first-order chi connectivity index (χ1) is 32.3. The van der Waals surface area contributed by atoms with Crippen molar-refractivity contribution in [2.24, 2.45) is 0 Å². The molecule has 1 aliphatic carbocycles. The van der Waals surface area contributed by atoms with E-state index in [9.17, 15) is 4.79 Å². The number of fused-ring (bicyclic) bond motifs is 3. The van der Waals surface area contributed by atoms with E-state index in [1.165, 1.54) is 47.9 Å². The topological polar surface area (TPSA) is 158 Å². The molecule has 0 atom stereocenters. The summed E-state index contributed by atoms with van der Waals surface area (Å²) >= 11 is 0. The van der Waals surface area contributed by atoms with Crippen molar-refractivity contribution in [3.05, 3.63) is 59.7 Å². The molecule has 16 heteroatoms. The Morgan fingerprint density at radius 1 is 0.385 bits per heavy atom. The summed E-state index contributed by atoms with van der Waals surface area (Å²) in [6.07, 6.45) is 6.52. The molecule has 0 aromatic heterocycles. The fourth-order valence-electron chi connectivity index (χ4n) is 6.56. The van der Waals surface area contributed by atoms with Crippen LogP contribution in [-0.2, 0) is 66.3 Å². The van der Waals surface area contributed by atoms with E-state index >= 15 is 0 Å². The number of hydrogen-bond donors (Lipinski definition) is 1. The van der Waals surface area contributed by atoms with Gasteiger partial charge in [0.25, 0.3) is 0 Å². The predicted octanol–water partition coefficient (Wildman–Crippen LogP) is 6.10. The van der Waals surface area contributed by atoms with Gasteiger partial charge in [0.15, 0.2) is 0 Å². The van der Waals surface area contributed by atoms with E-state index in [2.05, 4.69) is 36.5 Å². The largest absolute Gasteiger partial charge is 0.449 e. The van der Waals surface area contributed by atoms with Gasteiger partial charge in [0.1, 0.15) is 6.61 Å². The third kappa shape index (κ3) is 30.2. The minimum atomic E-state index is -0.416. The highest BCUT2D eigenvalue weighted by Gasteiger charge is 2.29. The second-order valence-electron chi connectivity index (χ2n) is 15.0. The van der Waals surface area contributed by atoms with Crippen LogP contribution in [-0.4, -0.2) is 191 Å². The van der Waals surface area contributed by atoms with Crippen LogP contribution in [0.3, 0.4) is 0 Å². The van der Waals surface area contributed by atoms with Gasteiger partial charge in [-0.05, 0) is 35.1 Å². The van der Waals surface area contributed by atoms with E-state index in [0.717, 1.165) is 13.0 Å². The number of unbranched alkanes of at least 4 members (excludes halogenated alkanes) is 4. The Kier molecular flexibility index (Phi) is 37.0. The lowest BCUT2D eigenvalue weighted by Crippen LogP contribution is -2.27. The normalized spacial score (nSPS) is 12.2. The lowest BCUT2D eigenvalue weighted by Gasteiger charge is -2.14. The number of rotatable bonds is 48. The van der Waals surface area contributed by atoms with E-state index in [-0.39, 0.29) is 5.92 Å². The molecular weight excluding hydrogens is 843 g/mol. The van der Waals surface area contributed by atoms with Crippen LogP contribution in [0.25, 0.3) is 11.1 Å². The zero-order valence-corrected chi connectivity index (χ0v) is 39.4. The van der Waals surface area contributed by atoms with Gasteiger partial charge >= 0.3 is 6.09 Å². The van der Waals surface area contributed by atoms with Gasteiger partial charge in [0, 0.05) is 25.7 Å². The average Bonchev–Trinajstić information content (AvgIpc) is 3.65. The van der Waals surface area contributed by atoms with Crippen LogP contribution in [0.1, 0.15) is 62.5 Å². The monoisotopic (exact) mass is 924 g/mol. The van der Waals surface area contributed by atoms with Crippen molar-refractivity contribution in [1.29, 1.82) is 0 Å². The molecule has 65 heavy (non-hydrogen) atoms. The predicted molar refractivity (Wildman–Crippen MR) is 247 cm³/mol. The molecule has 2 aromatic carbocycles. The minimum absolute atomic E-state index is 0.0472. The van der Waals surface area contributed by atoms with Gasteiger partial charge in [-0.3, -0.25) is 0 Å². The lowest BCUT2D eigenvalue weighted by molar-refractivity contribution is -0.0290. The van der Waals surface area contributed by atoms with Crippen LogP contribution < -0.4 is 5.32 Å². The third-order valence-corrected chi connectivity index (χ3v) is 9.93. The highest BCUT2D eigenvalue weighted by atomic mass is 16.6. The number of carbonyl (C=O) groups excluding carboxylic acids is 1. The first kappa shape index (κ1) is 56.5. The Balaban J connectivity index is 0.901. The molecule has 1 aliphatic rings. The molecule has 3 rings (SSSR count). The van der Waals surface area contributed by atoms with Crippen molar-refractivity contribution in [1.82, 2.24) is 5.32 Å². The summed E-state index contributed by atoms with van der Waals surface area (Å²) in [7, 11) is 0. The molecule has 0 saturated heterocycles. The first-order valence-electron chi connectivity index (χ1n) is 23.9. The van der Waals surface area contributed by atoms with Crippen LogP contribution in [0, 0.1) is 0 Å². The van der Waals surface area contributed by atoms with Crippen LogP contribution in [0.2, 0.25) is 0 Å². The van der Waals surface area contributed by atoms with Crippen LogP contribution in [0.4, 0.5) is 4.79 Å². The number of alkyl carbamates (subject to hydrolysis) is 1. The van der Waals surface area contributed by atoms with Crippen molar-refractivity contribution in [2.45, 2.75) is 51.4 Å². The smallest absolute Gasteiger partial charge is 0.407 e. The van der Waals surface area contributed by atoms with Gasteiger partial charge in [-0.15, -0.1) is 0 Å². The maximum absolute atomic E-state index is 12.3. The summed E-state index contributed by atoms with van der Waals surface area (Å²) < 4.78 is 77.5. The Labute approximate surface area is 388 Å². The second kappa shape index (κ2) is 42.5. The maximum Gasteiger partial charge on any atom is 0.407 e. The van der Waals surface area contributed by atoms with Gasteiger partial charge in [0.2, 0.25) is 0 Å². The zero-order chi connectivity index (χ0) is 45.8. The van der Waals surface area contributed by atoms with E-state index in [0.29, 0.717) is 185 Å². The summed E-state index contributed by atoms with van der Waals surface area (Å²) in [5.74, 6) is 0.0472. The Morgan fingerprint density at radius 2 is 0.677 bits per heavy atom. The molecule has 372 valence electrons. The van der Waals surface area contributed by atoms with Crippen LogP contribution >= 0.6 is 0 Å². The third-order valence-electron chi connectivity index (χ3n) is 9.93. The van der Waals surface area contributed by atoms with E-state index in [1.807, 2.05) is 24.3 Å². The molecule has 2 aromatic rings. The first-order valence-corrected chi connectivity index (χ1v) is 23.9. The molecule has 1 amide bonds. The fraction of sp³-hybridized carbons (Fsp3) is 0.735. The molecule has 0 aliphatic heterocycles. The average molecular weight is 924 g/mol. The molecule has 0 saturated carbocycles. The number of hydrogen-bond acceptors (Lipinski definition) is 15. The highest BCUT2D eigenvalue weighted by molar-refractivity contribution is 5.79. The molecule has 0 heterocycles. The van der Waals surface area contributed by atoms with Crippen molar-refractivity contribution in [3.8, 4) is 11.1 Å². The Morgan fingerprint density at radius 3 is 1.02 bits per heavy atom. The fourth-order valence-corrected chi connectivity index (χ4v) is 6.56. The molecule has 0 fully saturated rings. The Hall–Kier alpha value is -2.81. The number of amides is 1. The van der Waals surface area contributed by atoms with Crippen molar-refractivity contribution >= 4 is 6.09 Å². The van der Waals surface area contributed by atoms with Gasteiger partial charge < -0.3 is 71.6 Å². The standard InChI is InChI=1S/C49H81NO15/c1-2-3-4-5-10-17-52-19-21-54-23-25-56-27-29-58-31-33-60-35-37-62-39-41-64-42-40-63-38-36-61-34-32-59-30-28-57-26-24-55-22-20-53-18-11-16-50-49(51)65-43-48-46-14-8-6-12-44(46)45-13-7-9-15-47(45)48/h6-9,12-15,48H,2-5,10-11,16-43H2,1H3,(H,50,51). The van der Waals surface area contributed by atoms with Crippen molar-refractivity contribution in [2.75, 3.05) is 185 Å².